The molecule has 0 aliphatic carbocycles. The normalized spacial score (nSPS) is 11.4. The van der Waals surface area contributed by atoms with E-state index >= 15 is 0 Å². The van der Waals surface area contributed by atoms with Crippen molar-refractivity contribution in [3.05, 3.63) is 45.4 Å². The molecule has 2 aromatic heterocycles. The molecular weight excluding hydrogens is 388 g/mol. The van der Waals surface area contributed by atoms with Crippen LogP contribution in [0, 0.1) is 20.8 Å². The Bertz CT molecular complexity index is 960. The Kier molecular flexibility index (Phi) is 4.58. The van der Waals surface area contributed by atoms with Crippen LogP contribution in [0.25, 0.3) is 5.95 Å². The molecule has 3 aromatic rings. The molecule has 25 heavy (non-hydrogen) atoms. The standard InChI is InChI=1S/C16H17BrN6O2/c1-9-5-10(2)22(21-9)16-20-19-11(3)23(16)18-8-12-6-13(17)15(24)14(7-12)25-4/h5-8,24H,1-4H3/b18-8-. The molecule has 0 saturated heterocycles. The van der Waals surface area contributed by atoms with Crippen LogP contribution in [0.5, 0.6) is 11.5 Å². The zero-order chi connectivity index (χ0) is 18.1. The Labute approximate surface area is 152 Å². The Balaban J connectivity index is 2.02. The number of ether oxygens (including phenoxy) is 1. The fraction of sp³-hybridized carbons (Fsp3) is 0.250. The van der Waals surface area contributed by atoms with E-state index in [1.54, 1.807) is 27.7 Å². The molecule has 1 aromatic carbocycles. The van der Waals surface area contributed by atoms with Crippen molar-refractivity contribution in [1.29, 1.82) is 0 Å². The first-order valence-electron chi connectivity index (χ1n) is 7.47. The first kappa shape index (κ1) is 17.2. The first-order chi connectivity index (χ1) is 11.9. The molecule has 0 bridgehead atoms. The molecule has 0 aliphatic heterocycles. The summed E-state index contributed by atoms with van der Waals surface area (Å²) < 4.78 is 8.97. The van der Waals surface area contributed by atoms with E-state index in [-0.39, 0.29) is 5.75 Å². The first-order valence-corrected chi connectivity index (χ1v) is 8.26. The fourth-order valence-corrected chi connectivity index (χ4v) is 2.85. The highest BCUT2D eigenvalue weighted by molar-refractivity contribution is 9.10. The molecule has 0 aliphatic rings. The number of aromatic nitrogens is 5. The van der Waals surface area contributed by atoms with Crippen LogP contribution in [0.15, 0.2) is 27.8 Å². The third-order valence-corrected chi connectivity index (χ3v) is 4.18. The van der Waals surface area contributed by atoms with Gasteiger partial charge in [0.15, 0.2) is 17.3 Å². The quantitative estimate of drug-likeness (QED) is 0.675. The van der Waals surface area contributed by atoms with Gasteiger partial charge in [0, 0.05) is 5.69 Å². The molecule has 0 atom stereocenters. The molecule has 0 radical (unpaired) electrons. The van der Waals surface area contributed by atoms with Crippen LogP contribution >= 0.6 is 15.9 Å². The smallest absolute Gasteiger partial charge is 0.273 e. The summed E-state index contributed by atoms with van der Waals surface area (Å²) in [6.07, 6.45) is 1.64. The lowest BCUT2D eigenvalue weighted by Crippen LogP contribution is -2.08. The van der Waals surface area contributed by atoms with Crippen molar-refractivity contribution >= 4 is 22.1 Å². The Morgan fingerprint density at radius 2 is 1.96 bits per heavy atom. The third-order valence-electron chi connectivity index (χ3n) is 3.57. The van der Waals surface area contributed by atoms with Crippen molar-refractivity contribution < 1.29 is 9.84 Å². The van der Waals surface area contributed by atoms with Gasteiger partial charge in [0.25, 0.3) is 5.95 Å². The molecule has 130 valence electrons. The van der Waals surface area contributed by atoms with Crippen molar-refractivity contribution in [2.45, 2.75) is 20.8 Å². The van der Waals surface area contributed by atoms with Gasteiger partial charge in [-0.15, -0.1) is 10.2 Å². The number of halogens is 1. The molecular formula is C16H17BrN6O2. The van der Waals surface area contributed by atoms with Crippen molar-refractivity contribution in [3.63, 3.8) is 0 Å². The Morgan fingerprint density at radius 3 is 2.60 bits per heavy atom. The number of methoxy groups -OCH3 is 1. The van der Waals surface area contributed by atoms with Crippen LogP contribution in [0.1, 0.15) is 22.8 Å². The molecule has 0 spiro atoms. The zero-order valence-electron chi connectivity index (χ0n) is 14.2. The maximum atomic E-state index is 9.89. The van der Waals surface area contributed by atoms with Crippen molar-refractivity contribution in [1.82, 2.24) is 24.7 Å². The summed E-state index contributed by atoms with van der Waals surface area (Å²) in [6, 6.07) is 5.39. The molecule has 2 heterocycles. The average molecular weight is 405 g/mol. The van der Waals surface area contributed by atoms with Gasteiger partial charge in [-0.2, -0.15) is 14.9 Å². The highest BCUT2D eigenvalue weighted by Crippen LogP contribution is 2.34. The van der Waals surface area contributed by atoms with Gasteiger partial charge < -0.3 is 9.84 Å². The maximum absolute atomic E-state index is 9.89. The van der Waals surface area contributed by atoms with Gasteiger partial charge in [-0.3, -0.25) is 0 Å². The van der Waals surface area contributed by atoms with Gasteiger partial charge in [-0.25, -0.2) is 4.68 Å². The Hall–Kier alpha value is -2.68. The number of nitrogens with zero attached hydrogens (tertiary/aromatic N) is 6. The van der Waals surface area contributed by atoms with Gasteiger partial charge in [0.1, 0.15) is 0 Å². The minimum absolute atomic E-state index is 0.0449. The summed E-state index contributed by atoms with van der Waals surface area (Å²) in [7, 11) is 1.49. The third kappa shape index (κ3) is 3.27. The van der Waals surface area contributed by atoms with E-state index in [1.165, 1.54) is 7.11 Å². The van der Waals surface area contributed by atoms with Gasteiger partial charge in [-0.05, 0) is 60.5 Å². The summed E-state index contributed by atoms with van der Waals surface area (Å²) in [4.78, 5) is 0. The molecule has 1 N–H and O–H groups in total. The van der Waals surface area contributed by atoms with E-state index in [9.17, 15) is 5.11 Å². The number of aromatic hydroxyl groups is 1. The van der Waals surface area contributed by atoms with Crippen LogP contribution in [-0.2, 0) is 0 Å². The summed E-state index contributed by atoms with van der Waals surface area (Å²) >= 11 is 3.30. The second-order valence-electron chi connectivity index (χ2n) is 5.50. The minimum atomic E-state index is 0.0449. The topological polar surface area (TPSA) is 90.4 Å². The second kappa shape index (κ2) is 6.67. The summed E-state index contributed by atoms with van der Waals surface area (Å²) in [5.41, 5.74) is 2.57. The number of hydrogen-bond donors (Lipinski definition) is 1. The predicted molar refractivity (Wildman–Crippen MR) is 96.7 cm³/mol. The molecule has 0 saturated carbocycles. The SMILES string of the molecule is COc1cc(/C=N\n2c(C)nnc2-n2nc(C)cc2C)cc(Br)c1O. The molecule has 3 rings (SSSR count). The number of aryl methyl sites for hydroxylation is 3. The minimum Gasteiger partial charge on any atom is -0.503 e. The van der Waals surface area contributed by atoms with Crippen molar-refractivity contribution in [3.8, 4) is 17.4 Å². The molecule has 9 heteroatoms. The number of phenols is 1. The van der Waals surface area contributed by atoms with E-state index in [1.807, 2.05) is 26.8 Å². The van der Waals surface area contributed by atoms with Crippen molar-refractivity contribution in [2.24, 2.45) is 5.10 Å². The van der Waals surface area contributed by atoms with Gasteiger partial charge in [-0.1, -0.05) is 0 Å². The number of hydrogen-bond acceptors (Lipinski definition) is 6. The molecule has 0 amide bonds. The van der Waals surface area contributed by atoms with E-state index < -0.39 is 0 Å². The average Bonchev–Trinajstić information content (AvgIpc) is 3.09. The number of benzene rings is 1. The number of phenolic OH excluding ortho intramolecular Hbond substituents is 1. The molecule has 8 nitrogen and oxygen atoms in total. The lowest BCUT2D eigenvalue weighted by molar-refractivity contribution is 0.372. The molecule has 0 unspecified atom stereocenters. The van der Waals surface area contributed by atoms with Gasteiger partial charge in [0.05, 0.1) is 23.5 Å². The van der Waals surface area contributed by atoms with E-state index in [0.717, 1.165) is 17.0 Å². The second-order valence-corrected chi connectivity index (χ2v) is 6.35. The van der Waals surface area contributed by atoms with Crippen LogP contribution in [0.4, 0.5) is 0 Å². The van der Waals surface area contributed by atoms with Crippen LogP contribution in [-0.4, -0.2) is 43.1 Å². The van der Waals surface area contributed by atoms with E-state index in [2.05, 4.69) is 36.3 Å². The van der Waals surface area contributed by atoms with Gasteiger partial charge >= 0.3 is 0 Å². The lowest BCUT2D eigenvalue weighted by atomic mass is 10.2. The van der Waals surface area contributed by atoms with Crippen LogP contribution in [0.2, 0.25) is 0 Å². The van der Waals surface area contributed by atoms with Crippen LogP contribution < -0.4 is 4.74 Å². The highest BCUT2D eigenvalue weighted by atomic mass is 79.9. The number of rotatable bonds is 4. The summed E-state index contributed by atoms with van der Waals surface area (Å²) in [5, 5.41) is 27.0. The monoisotopic (exact) mass is 404 g/mol. The van der Waals surface area contributed by atoms with Crippen molar-refractivity contribution in [2.75, 3.05) is 7.11 Å². The summed E-state index contributed by atoms with van der Waals surface area (Å²) in [6.45, 7) is 5.67. The highest BCUT2D eigenvalue weighted by Gasteiger charge is 2.14. The Morgan fingerprint density at radius 1 is 1.20 bits per heavy atom. The van der Waals surface area contributed by atoms with Crippen LogP contribution in [0.3, 0.4) is 0 Å². The van der Waals surface area contributed by atoms with E-state index in [4.69, 9.17) is 4.74 Å². The lowest BCUT2D eigenvalue weighted by Gasteiger charge is -2.07. The maximum Gasteiger partial charge on any atom is 0.273 e. The molecule has 0 fully saturated rings. The zero-order valence-corrected chi connectivity index (χ0v) is 15.8. The fourth-order valence-electron chi connectivity index (χ4n) is 2.39. The predicted octanol–water partition coefficient (Wildman–Crippen LogP) is 2.75. The summed E-state index contributed by atoms with van der Waals surface area (Å²) in [5.74, 6) is 1.53. The van der Waals surface area contributed by atoms with Gasteiger partial charge in [0.2, 0.25) is 0 Å². The largest absolute Gasteiger partial charge is 0.503 e. The van der Waals surface area contributed by atoms with E-state index in [0.29, 0.717) is 22.0 Å².